The molecule has 2 amide bonds. The molecule has 0 spiro atoms. The Balaban J connectivity index is 2.02. The van der Waals surface area contributed by atoms with Gasteiger partial charge in [-0.25, -0.2) is 0 Å². The number of rotatable bonds is 11. The molecule has 2 aromatic rings. The van der Waals surface area contributed by atoms with E-state index in [0.29, 0.717) is 35.2 Å². The molecule has 6 nitrogen and oxygen atoms in total. The normalized spacial score (nSPS) is 11.5. The summed E-state index contributed by atoms with van der Waals surface area (Å²) in [6, 6.07) is 11.9. The van der Waals surface area contributed by atoms with E-state index in [4.69, 9.17) is 32.7 Å². The summed E-state index contributed by atoms with van der Waals surface area (Å²) >= 11 is 12.1. The quantitative estimate of drug-likeness (QED) is 0.486. The first-order chi connectivity index (χ1) is 14.9. The predicted molar refractivity (Wildman–Crippen MR) is 123 cm³/mol. The lowest BCUT2D eigenvalue weighted by molar-refractivity contribution is -0.141. The Kier molecular flexibility index (Phi) is 9.95. The van der Waals surface area contributed by atoms with E-state index in [2.05, 4.69) is 5.32 Å². The number of hydrogen-bond donors (Lipinski definition) is 1. The van der Waals surface area contributed by atoms with Gasteiger partial charge >= 0.3 is 0 Å². The molecule has 0 aliphatic heterocycles. The van der Waals surface area contributed by atoms with E-state index in [1.54, 1.807) is 37.3 Å². The maximum absolute atomic E-state index is 13.0. The van der Waals surface area contributed by atoms with Crippen LogP contribution in [-0.2, 0) is 16.1 Å². The molecule has 0 heterocycles. The van der Waals surface area contributed by atoms with Crippen molar-refractivity contribution in [1.29, 1.82) is 0 Å². The van der Waals surface area contributed by atoms with E-state index in [1.807, 2.05) is 31.2 Å². The second kappa shape index (κ2) is 12.4. The fourth-order valence-electron chi connectivity index (χ4n) is 3.15. The molecule has 0 aliphatic rings. The smallest absolute Gasteiger partial charge is 0.242 e. The maximum atomic E-state index is 13.0. The molecular weight excluding hydrogens is 439 g/mol. The third kappa shape index (κ3) is 7.33. The Morgan fingerprint density at radius 2 is 1.74 bits per heavy atom. The third-order valence-electron chi connectivity index (χ3n) is 4.83. The van der Waals surface area contributed by atoms with Crippen LogP contribution in [-0.4, -0.2) is 43.5 Å². The van der Waals surface area contributed by atoms with E-state index >= 15 is 0 Å². The van der Waals surface area contributed by atoms with E-state index in [-0.39, 0.29) is 24.8 Å². The Bertz CT molecular complexity index is 874. The number of likely N-dealkylation sites (N-methyl/N-ethyl adjacent to an activating group) is 1. The van der Waals surface area contributed by atoms with Crippen LogP contribution in [0.3, 0.4) is 0 Å². The highest BCUT2D eigenvalue weighted by molar-refractivity contribution is 6.42. The van der Waals surface area contributed by atoms with Gasteiger partial charge < -0.3 is 19.7 Å². The van der Waals surface area contributed by atoms with E-state index in [0.717, 1.165) is 11.3 Å². The minimum atomic E-state index is -0.575. The number of benzene rings is 2. The average molecular weight is 467 g/mol. The minimum absolute atomic E-state index is 0.125. The number of carbonyl (C=O) groups is 2. The molecule has 0 radical (unpaired) electrons. The molecule has 1 atom stereocenters. The topological polar surface area (TPSA) is 67.9 Å². The van der Waals surface area contributed by atoms with Gasteiger partial charge in [-0.2, -0.15) is 0 Å². The first-order valence-electron chi connectivity index (χ1n) is 10.1. The average Bonchev–Trinajstić information content (AvgIpc) is 2.78. The predicted octanol–water partition coefficient (Wildman–Crippen LogP) is 4.71. The first kappa shape index (κ1) is 24.8. The summed E-state index contributed by atoms with van der Waals surface area (Å²) in [4.78, 5) is 27.0. The fraction of sp³-hybridized carbons (Fsp3) is 0.391. The van der Waals surface area contributed by atoms with Crippen LogP contribution in [0, 0.1) is 0 Å². The van der Waals surface area contributed by atoms with E-state index in [9.17, 15) is 9.59 Å². The zero-order valence-corrected chi connectivity index (χ0v) is 19.5. The standard InChI is InChI=1S/C23H28Cl2N2O4/c1-4-21(23(29)26-2)27(15-16-7-12-19(24)20(25)14-16)22(28)6-5-13-31-18-10-8-17(30-3)9-11-18/h7-12,14,21H,4-6,13,15H2,1-3H3,(H,26,29)/t21-/m1/s1. The molecule has 0 saturated carbocycles. The third-order valence-corrected chi connectivity index (χ3v) is 5.57. The van der Waals surface area contributed by atoms with E-state index in [1.165, 1.54) is 0 Å². The molecule has 0 bridgehead atoms. The van der Waals surface area contributed by atoms with Crippen LogP contribution < -0.4 is 14.8 Å². The van der Waals surface area contributed by atoms with Crippen LogP contribution in [0.15, 0.2) is 42.5 Å². The monoisotopic (exact) mass is 466 g/mol. The Morgan fingerprint density at radius 3 is 2.32 bits per heavy atom. The number of amides is 2. The lowest BCUT2D eigenvalue weighted by Crippen LogP contribution is -2.48. The van der Waals surface area contributed by atoms with Gasteiger partial charge in [0, 0.05) is 20.0 Å². The van der Waals surface area contributed by atoms with Gasteiger partial charge in [-0.1, -0.05) is 36.2 Å². The molecule has 1 N–H and O–H groups in total. The van der Waals surface area contributed by atoms with Crippen LogP contribution >= 0.6 is 23.2 Å². The molecule has 168 valence electrons. The van der Waals surface area contributed by atoms with Crippen LogP contribution in [0.1, 0.15) is 31.7 Å². The van der Waals surface area contributed by atoms with Crippen molar-refractivity contribution in [2.24, 2.45) is 0 Å². The molecule has 0 fully saturated rings. The molecule has 8 heteroatoms. The van der Waals surface area contributed by atoms with Crippen molar-refractivity contribution < 1.29 is 19.1 Å². The number of ether oxygens (including phenoxy) is 2. The van der Waals surface area contributed by atoms with Gasteiger partial charge in [-0.05, 0) is 54.8 Å². The molecule has 0 unspecified atom stereocenters. The molecule has 31 heavy (non-hydrogen) atoms. The highest BCUT2D eigenvalue weighted by Gasteiger charge is 2.27. The van der Waals surface area contributed by atoms with Crippen molar-refractivity contribution >= 4 is 35.0 Å². The molecule has 2 rings (SSSR count). The number of methoxy groups -OCH3 is 1. The number of nitrogens with one attached hydrogen (secondary N) is 1. The van der Waals surface area contributed by atoms with Gasteiger partial charge in [-0.15, -0.1) is 0 Å². The van der Waals surface area contributed by atoms with Crippen molar-refractivity contribution in [2.75, 3.05) is 20.8 Å². The van der Waals surface area contributed by atoms with E-state index < -0.39 is 6.04 Å². The number of hydrogen-bond acceptors (Lipinski definition) is 4. The summed E-state index contributed by atoms with van der Waals surface area (Å²) < 4.78 is 10.8. The van der Waals surface area contributed by atoms with Crippen LogP contribution in [0.5, 0.6) is 11.5 Å². The lowest BCUT2D eigenvalue weighted by Gasteiger charge is -2.30. The van der Waals surface area contributed by atoms with Gasteiger partial charge in [0.2, 0.25) is 11.8 Å². The van der Waals surface area contributed by atoms with Crippen molar-refractivity contribution in [1.82, 2.24) is 10.2 Å². The summed E-state index contributed by atoms with van der Waals surface area (Å²) in [7, 11) is 3.17. The van der Waals surface area contributed by atoms with Gasteiger partial charge in [-0.3, -0.25) is 9.59 Å². The van der Waals surface area contributed by atoms with Gasteiger partial charge in [0.15, 0.2) is 0 Å². The first-order valence-corrected chi connectivity index (χ1v) is 10.9. The minimum Gasteiger partial charge on any atom is -0.497 e. The zero-order chi connectivity index (χ0) is 22.8. The summed E-state index contributed by atoms with van der Waals surface area (Å²) in [5.41, 5.74) is 0.805. The highest BCUT2D eigenvalue weighted by Crippen LogP contribution is 2.24. The van der Waals surface area contributed by atoms with Crippen molar-refractivity contribution in [2.45, 2.75) is 38.8 Å². The lowest BCUT2D eigenvalue weighted by atomic mass is 10.1. The summed E-state index contributed by atoms with van der Waals surface area (Å²) in [6.07, 6.45) is 1.27. The Labute approximate surface area is 193 Å². The molecule has 0 aliphatic carbocycles. The summed E-state index contributed by atoms with van der Waals surface area (Å²) in [6.45, 7) is 2.53. The van der Waals surface area contributed by atoms with Crippen molar-refractivity contribution in [3.63, 3.8) is 0 Å². The Morgan fingerprint density at radius 1 is 1.06 bits per heavy atom. The summed E-state index contributed by atoms with van der Waals surface area (Å²) in [5.74, 6) is 1.13. The van der Waals surface area contributed by atoms with Gasteiger partial charge in [0.1, 0.15) is 17.5 Å². The van der Waals surface area contributed by atoms with Gasteiger partial charge in [0.25, 0.3) is 0 Å². The molecular formula is C23H28Cl2N2O4. The van der Waals surface area contributed by atoms with Crippen molar-refractivity contribution in [3.05, 3.63) is 58.1 Å². The molecule has 0 saturated heterocycles. The SMILES string of the molecule is CC[C@H](C(=O)NC)N(Cc1ccc(Cl)c(Cl)c1)C(=O)CCCOc1ccc(OC)cc1. The van der Waals surface area contributed by atoms with Crippen LogP contribution in [0.25, 0.3) is 0 Å². The zero-order valence-electron chi connectivity index (χ0n) is 18.0. The van der Waals surface area contributed by atoms with Crippen LogP contribution in [0.4, 0.5) is 0 Å². The number of halogens is 2. The number of nitrogens with zero attached hydrogens (tertiary/aromatic N) is 1. The molecule has 0 aromatic heterocycles. The number of carbonyl (C=O) groups excluding carboxylic acids is 2. The summed E-state index contributed by atoms with van der Waals surface area (Å²) in [5, 5.41) is 3.49. The largest absolute Gasteiger partial charge is 0.497 e. The second-order valence-corrected chi connectivity index (χ2v) is 7.75. The van der Waals surface area contributed by atoms with Gasteiger partial charge in [0.05, 0.1) is 23.8 Å². The second-order valence-electron chi connectivity index (χ2n) is 6.94. The highest BCUT2D eigenvalue weighted by atomic mass is 35.5. The van der Waals surface area contributed by atoms with Crippen LogP contribution in [0.2, 0.25) is 10.0 Å². The molecule has 2 aromatic carbocycles. The maximum Gasteiger partial charge on any atom is 0.242 e. The fourth-order valence-corrected chi connectivity index (χ4v) is 3.47. The van der Waals surface area contributed by atoms with Crippen molar-refractivity contribution in [3.8, 4) is 11.5 Å². The Hall–Kier alpha value is -2.44.